The zero-order valence-electron chi connectivity index (χ0n) is 10.3. The Hall–Kier alpha value is -1.42. The highest BCUT2D eigenvalue weighted by molar-refractivity contribution is 5.61. The molecule has 1 aromatic rings. The molecule has 1 aromatic carbocycles. The van der Waals surface area contributed by atoms with E-state index >= 15 is 0 Å². The maximum atomic E-state index is 5.88. The molecule has 17 heavy (non-hydrogen) atoms. The minimum Gasteiger partial charge on any atom is -0.491 e. The smallest absolute Gasteiger partial charge is 0.144 e. The van der Waals surface area contributed by atoms with E-state index in [9.17, 15) is 0 Å². The monoisotopic (exact) mass is 236 g/mol. The second kappa shape index (κ2) is 5.77. The van der Waals surface area contributed by atoms with Crippen LogP contribution in [0, 0.1) is 0 Å². The van der Waals surface area contributed by atoms with Gasteiger partial charge < -0.3 is 10.5 Å². The predicted octanol–water partition coefficient (Wildman–Crippen LogP) is 2.59. The molecule has 1 heterocycles. The first-order valence-electron chi connectivity index (χ1n) is 6.24. The van der Waals surface area contributed by atoms with Crippen molar-refractivity contribution >= 4 is 11.4 Å². The molecule has 0 aliphatic carbocycles. The van der Waals surface area contributed by atoms with E-state index in [-0.39, 0.29) is 0 Å². The molecular formula is C13H20N2O2. The van der Waals surface area contributed by atoms with Crippen LogP contribution in [0.4, 0.5) is 11.4 Å². The number of hydroxylamine groups is 1. The van der Waals surface area contributed by atoms with Crippen LogP contribution in [0.15, 0.2) is 18.2 Å². The van der Waals surface area contributed by atoms with Crippen LogP contribution >= 0.6 is 0 Å². The normalized spacial score (nSPS) is 15.9. The first kappa shape index (κ1) is 12.0. The van der Waals surface area contributed by atoms with Gasteiger partial charge in [-0.3, -0.25) is 9.90 Å². The van der Waals surface area contributed by atoms with Gasteiger partial charge in [-0.05, 0) is 31.4 Å². The average Bonchev–Trinajstić information content (AvgIpc) is 2.39. The molecule has 0 bridgehead atoms. The highest BCUT2D eigenvalue weighted by atomic mass is 16.7. The molecule has 94 valence electrons. The van der Waals surface area contributed by atoms with Gasteiger partial charge in [-0.1, -0.05) is 6.92 Å². The van der Waals surface area contributed by atoms with Crippen LogP contribution in [0.1, 0.15) is 26.2 Å². The van der Waals surface area contributed by atoms with Crippen molar-refractivity contribution in [2.75, 3.05) is 30.6 Å². The molecular weight excluding hydrogens is 216 g/mol. The summed E-state index contributed by atoms with van der Waals surface area (Å²) in [5, 5.41) is 1.92. The van der Waals surface area contributed by atoms with E-state index < -0.39 is 0 Å². The number of rotatable bonds is 4. The Morgan fingerprint density at radius 1 is 1.41 bits per heavy atom. The van der Waals surface area contributed by atoms with Crippen LogP contribution in [0.3, 0.4) is 0 Å². The van der Waals surface area contributed by atoms with Gasteiger partial charge in [0.15, 0.2) is 0 Å². The largest absolute Gasteiger partial charge is 0.491 e. The summed E-state index contributed by atoms with van der Waals surface area (Å²) in [4.78, 5) is 5.60. The number of benzene rings is 1. The van der Waals surface area contributed by atoms with Crippen molar-refractivity contribution in [1.29, 1.82) is 0 Å². The van der Waals surface area contributed by atoms with Crippen molar-refractivity contribution in [3.05, 3.63) is 18.2 Å². The molecule has 0 aromatic heterocycles. The Bertz CT molecular complexity index is 362. The van der Waals surface area contributed by atoms with Gasteiger partial charge in [-0.2, -0.15) is 0 Å². The molecule has 1 aliphatic heterocycles. The van der Waals surface area contributed by atoms with Gasteiger partial charge >= 0.3 is 0 Å². The van der Waals surface area contributed by atoms with E-state index in [4.69, 9.17) is 15.3 Å². The van der Waals surface area contributed by atoms with Crippen molar-refractivity contribution in [3.8, 4) is 5.75 Å². The topological polar surface area (TPSA) is 47.7 Å². The zero-order valence-corrected chi connectivity index (χ0v) is 10.3. The second-order valence-electron chi connectivity index (χ2n) is 4.21. The zero-order chi connectivity index (χ0) is 12.1. The Labute approximate surface area is 102 Å². The van der Waals surface area contributed by atoms with E-state index in [2.05, 4.69) is 6.92 Å². The summed E-state index contributed by atoms with van der Waals surface area (Å²) in [5.41, 5.74) is 7.57. The predicted molar refractivity (Wildman–Crippen MR) is 69.2 cm³/mol. The van der Waals surface area contributed by atoms with Crippen LogP contribution in [-0.2, 0) is 4.84 Å². The number of hydrogen-bond donors (Lipinski definition) is 1. The lowest BCUT2D eigenvalue weighted by Crippen LogP contribution is -2.29. The summed E-state index contributed by atoms with van der Waals surface area (Å²) >= 11 is 0. The van der Waals surface area contributed by atoms with Gasteiger partial charge in [-0.15, -0.1) is 0 Å². The molecule has 2 rings (SSSR count). The van der Waals surface area contributed by atoms with E-state index in [1.54, 1.807) is 0 Å². The number of nitrogen functional groups attached to an aromatic ring is 1. The fourth-order valence-electron chi connectivity index (χ4n) is 1.82. The Morgan fingerprint density at radius 2 is 2.29 bits per heavy atom. The lowest BCUT2D eigenvalue weighted by molar-refractivity contribution is 0.0777. The van der Waals surface area contributed by atoms with Gasteiger partial charge in [0.1, 0.15) is 5.75 Å². The van der Waals surface area contributed by atoms with Crippen LogP contribution in [0.5, 0.6) is 5.75 Å². The first-order chi connectivity index (χ1) is 8.31. The van der Waals surface area contributed by atoms with Crippen LogP contribution in [-0.4, -0.2) is 19.8 Å². The second-order valence-corrected chi connectivity index (χ2v) is 4.21. The van der Waals surface area contributed by atoms with E-state index in [0.717, 1.165) is 43.9 Å². The highest BCUT2D eigenvalue weighted by Crippen LogP contribution is 2.29. The minimum absolute atomic E-state index is 0.680. The van der Waals surface area contributed by atoms with E-state index in [1.807, 2.05) is 23.3 Å². The van der Waals surface area contributed by atoms with Crippen molar-refractivity contribution in [3.63, 3.8) is 0 Å². The lowest BCUT2D eigenvalue weighted by atomic mass is 10.2. The summed E-state index contributed by atoms with van der Waals surface area (Å²) < 4.78 is 5.61. The van der Waals surface area contributed by atoms with Crippen LogP contribution in [0.2, 0.25) is 0 Å². The van der Waals surface area contributed by atoms with Gasteiger partial charge in [-0.25, -0.2) is 0 Å². The van der Waals surface area contributed by atoms with Crippen molar-refractivity contribution in [1.82, 2.24) is 0 Å². The Morgan fingerprint density at radius 3 is 3.00 bits per heavy atom. The highest BCUT2D eigenvalue weighted by Gasteiger charge is 2.13. The molecule has 1 aliphatic rings. The quantitative estimate of drug-likeness (QED) is 0.816. The molecule has 4 nitrogen and oxygen atoms in total. The Balaban J connectivity index is 2.11. The summed E-state index contributed by atoms with van der Waals surface area (Å²) in [6, 6.07) is 5.80. The maximum Gasteiger partial charge on any atom is 0.144 e. The van der Waals surface area contributed by atoms with Crippen molar-refractivity contribution < 1.29 is 9.57 Å². The molecule has 1 saturated heterocycles. The molecule has 4 heteroatoms. The lowest BCUT2D eigenvalue weighted by Gasteiger charge is -2.28. The van der Waals surface area contributed by atoms with Crippen molar-refractivity contribution in [2.45, 2.75) is 26.2 Å². The summed E-state index contributed by atoms with van der Waals surface area (Å²) in [6.07, 6.45) is 3.27. The summed E-state index contributed by atoms with van der Waals surface area (Å²) in [6.45, 7) is 4.48. The standard InChI is InChI=1S/C13H20N2O2/c1-2-8-16-13-10-11(5-6-12(13)14)15-7-3-4-9-17-15/h5-6,10H,2-4,7-9,14H2,1H3. The third-order valence-corrected chi connectivity index (χ3v) is 2.75. The van der Waals surface area contributed by atoms with E-state index in [1.165, 1.54) is 0 Å². The van der Waals surface area contributed by atoms with E-state index in [0.29, 0.717) is 12.3 Å². The third-order valence-electron chi connectivity index (χ3n) is 2.75. The van der Waals surface area contributed by atoms with Gasteiger partial charge in [0, 0.05) is 12.6 Å². The number of nitrogens with zero attached hydrogens (tertiary/aromatic N) is 1. The summed E-state index contributed by atoms with van der Waals surface area (Å²) in [5.74, 6) is 0.749. The number of ether oxygens (including phenoxy) is 1. The Kier molecular flexibility index (Phi) is 4.09. The number of anilines is 2. The fraction of sp³-hybridized carbons (Fsp3) is 0.538. The molecule has 0 saturated carbocycles. The van der Waals surface area contributed by atoms with Crippen LogP contribution in [0.25, 0.3) is 0 Å². The first-order valence-corrected chi connectivity index (χ1v) is 6.24. The fourth-order valence-corrected chi connectivity index (χ4v) is 1.82. The van der Waals surface area contributed by atoms with Gasteiger partial charge in [0.05, 0.1) is 24.6 Å². The molecule has 0 radical (unpaired) electrons. The van der Waals surface area contributed by atoms with Crippen LogP contribution < -0.4 is 15.5 Å². The maximum absolute atomic E-state index is 5.88. The van der Waals surface area contributed by atoms with Gasteiger partial charge in [0.2, 0.25) is 0 Å². The summed E-state index contributed by atoms with van der Waals surface area (Å²) in [7, 11) is 0. The molecule has 1 fully saturated rings. The van der Waals surface area contributed by atoms with Gasteiger partial charge in [0.25, 0.3) is 0 Å². The van der Waals surface area contributed by atoms with Crippen molar-refractivity contribution in [2.24, 2.45) is 0 Å². The molecule has 0 spiro atoms. The number of hydrogen-bond acceptors (Lipinski definition) is 4. The molecule has 0 unspecified atom stereocenters. The molecule has 2 N–H and O–H groups in total. The SMILES string of the molecule is CCCOc1cc(N2CCCCO2)ccc1N. The molecule has 0 amide bonds. The minimum atomic E-state index is 0.680. The molecule has 0 atom stereocenters. The number of nitrogens with two attached hydrogens (primary N) is 1. The average molecular weight is 236 g/mol. The third kappa shape index (κ3) is 3.03.